The largest absolute Gasteiger partial charge is 0.480 e. The predicted molar refractivity (Wildman–Crippen MR) is 57.5 cm³/mol. The summed E-state index contributed by atoms with van der Waals surface area (Å²) in [5.74, 6) is -1.35. The van der Waals surface area contributed by atoms with Gasteiger partial charge in [0.1, 0.15) is 5.92 Å². The molecule has 3 nitrogen and oxygen atoms in total. The zero-order valence-electron chi connectivity index (χ0n) is 8.31. The van der Waals surface area contributed by atoms with Crippen molar-refractivity contribution in [2.24, 2.45) is 0 Å². The first kappa shape index (κ1) is 9.77. The number of carboxylic acids is 1. The van der Waals surface area contributed by atoms with Gasteiger partial charge < -0.3 is 10.4 Å². The molecule has 1 heterocycles. The van der Waals surface area contributed by atoms with Crippen molar-refractivity contribution in [2.75, 3.05) is 6.54 Å². The highest BCUT2D eigenvalue weighted by atomic mass is 16.4. The Balaban J connectivity index is 2.32. The van der Waals surface area contributed by atoms with E-state index in [9.17, 15) is 9.90 Å². The topological polar surface area (TPSA) is 49.3 Å². The van der Waals surface area contributed by atoms with E-state index < -0.39 is 11.9 Å². The molecule has 3 heteroatoms. The van der Waals surface area contributed by atoms with Crippen LogP contribution in [0.3, 0.4) is 0 Å². The number of nitrogens with one attached hydrogen (secondary N) is 1. The smallest absolute Gasteiger partial charge is 0.316 e. The molecule has 0 aromatic heterocycles. The molecular formula is C12H13NO2. The predicted octanol–water partition coefficient (Wildman–Crippen LogP) is 1.73. The molecular weight excluding hydrogens is 190 g/mol. The average molecular weight is 203 g/mol. The van der Waals surface area contributed by atoms with Crippen LogP contribution in [0.15, 0.2) is 42.1 Å². The van der Waals surface area contributed by atoms with E-state index in [-0.39, 0.29) is 0 Å². The molecule has 2 rings (SSSR count). The minimum absolute atomic E-state index is 0.548. The lowest BCUT2D eigenvalue weighted by molar-refractivity contribution is -0.137. The van der Waals surface area contributed by atoms with Crippen molar-refractivity contribution in [3.05, 3.63) is 47.7 Å². The lowest BCUT2D eigenvalue weighted by atomic mass is 9.96. The Hall–Kier alpha value is -1.77. The molecule has 0 fully saturated rings. The third-order valence-corrected chi connectivity index (χ3v) is 2.53. The van der Waals surface area contributed by atoms with Gasteiger partial charge in [-0.25, -0.2) is 0 Å². The molecule has 1 unspecified atom stereocenters. The Morgan fingerprint density at radius 3 is 2.60 bits per heavy atom. The van der Waals surface area contributed by atoms with Crippen LogP contribution in [0.5, 0.6) is 0 Å². The van der Waals surface area contributed by atoms with Gasteiger partial charge in [-0.3, -0.25) is 4.79 Å². The molecule has 1 atom stereocenters. The van der Waals surface area contributed by atoms with Gasteiger partial charge in [-0.15, -0.1) is 0 Å². The Labute approximate surface area is 88.4 Å². The molecule has 0 saturated carbocycles. The quantitative estimate of drug-likeness (QED) is 0.786. The molecule has 0 radical (unpaired) electrons. The molecule has 1 aromatic carbocycles. The number of hydrogen-bond acceptors (Lipinski definition) is 2. The van der Waals surface area contributed by atoms with E-state index in [2.05, 4.69) is 5.32 Å². The highest BCUT2D eigenvalue weighted by Crippen LogP contribution is 2.25. The summed E-state index contributed by atoms with van der Waals surface area (Å²) < 4.78 is 0. The summed E-state index contributed by atoms with van der Waals surface area (Å²) in [6.45, 7) is 0.839. The first-order valence-electron chi connectivity index (χ1n) is 5.00. The maximum atomic E-state index is 11.2. The second kappa shape index (κ2) is 4.17. The molecule has 1 aliphatic rings. The molecule has 0 spiro atoms. The maximum Gasteiger partial charge on any atom is 0.316 e. The highest BCUT2D eigenvalue weighted by Gasteiger charge is 2.25. The summed E-state index contributed by atoms with van der Waals surface area (Å²) in [5.41, 5.74) is 1.64. The lowest BCUT2D eigenvalue weighted by Crippen LogP contribution is -2.21. The van der Waals surface area contributed by atoms with E-state index in [4.69, 9.17) is 0 Å². The van der Waals surface area contributed by atoms with E-state index in [1.807, 2.05) is 36.4 Å². The first-order valence-corrected chi connectivity index (χ1v) is 5.00. The summed E-state index contributed by atoms with van der Waals surface area (Å²) in [5, 5.41) is 12.3. The minimum atomic E-state index is -0.804. The fraction of sp³-hybridized carbons (Fsp3) is 0.250. The number of hydrogen-bond donors (Lipinski definition) is 2. The van der Waals surface area contributed by atoms with Crippen LogP contribution in [0.1, 0.15) is 17.9 Å². The van der Waals surface area contributed by atoms with E-state index in [1.54, 1.807) is 0 Å². The molecule has 2 N–H and O–H groups in total. The summed E-state index contributed by atoms with van der Waals surface area (Å²) in [6.07, 6.45) is 2.87. The second-order valence-electron chi connectivity index (χ2n) is 3.56. The van der Waals surface area contributed by atoms with Crippen LogP contribution in [0.25, 0.3) is 0 Å². The van der Waals surface area contributed by atoms with Crippen molar-refractivity contribution in [1.82, 2.24) is 5.32 Å². The van der Waals surface area contributed by atoms with E-state index in [0.717, 1.165) is 24.2 Å². The Kier molecular flexibility index (Phi) is 2.72. The van der Waals surface area contributed by atoms with Crippen LogP contribution in [-0.2, 0) is 4.79 Å². The van der Waals surface area contributed by atoms with E-state index in [0.29, 0.717) is 0 Å². The molecule has 0 aliphatic carbocycles. The van der Waals surface area contributed by atoms with Crippen molar-refractivity contribution >= 4 is 5.97 Å². The van der Waals surface area contributed by atoms with Crippen LogP contribution in [-0.4, -0.2) is 17.6 Å². The Morgan fingerprint density at radius 2 is 2.07 bits per heavy atom. The van der Waals surface area contributed by atoms with Gasteiger partial charge in [0, 0.05) is 12.2 Å². The van der Waals surface area contributed by atoms with Gasteiger partial charge in [-0.1, -0.05) is 36.4 Å². The summed E-state index contributed by atoms with van der Waals surface area (Å²) in [4.78, 5) is 11.2. The fourth-order valence-electron chi connectivity index (χ4n) is 1.84. The molecule has 1 aromatic rings. The molecule has 15 heavy (non-hydrogen) atoms. The third-order valence-electron chi connectivity index (χ3n) is 2.53. The molecule has 0 bridgehead atoms. The fourth-order valence-corrected chi connectivity index (χ4v) is 1.84. The van der Waals surface area contributed by atoms with Crippen molar-refractivity contribution in [3.8, 4) is 0 Å². The Morgan fingerprint density at radius 1 is 1.33 bits per heavy atom. The summed E-state index contributed by atoms with van der Waals surface area (Å²) in [6, 6.07) is 9.31. The number of carbonyl (C=O) groups is 1. The van der Waals surface area contributed by atoms with Crippen LogP contribution >= 0.6 is 0 Å². The lowest BCUT2D eigenvalue weighted by Gasteiger charge is -2.14. The standard InChI is InChI=1S/C12H13NO2/c14-12(15)11(10-7-4-8-13-10)9-5-2-1-3-6-9/h1-3,5-7,11,13H,4,8H2,(H,14,15). The van der Waals surface area contributed by atoms with E-state index >= 15 is 0 Å². The minimum Gasteiger partial charge on any atom is -0.480 e. The summed E-state index contributed by atoms with van der Waals surface area (Å²) >= 11 is 0. The number of rotatable bonds is 3. The van der Waals surface area contributed by atoms with Crippen LogP contribution in [0.2, 0.25) is 0 Å². The van der Waals surface area contributed by atoms with Gasteiger partial charge in [-0.2, -0.15) is 0 Å². The van der Waals surface area contributed by atoms with Crippen molar-refractivity contribution in [2.45, 2.75) is 12.3 Å². The number of benzene rings is 1. The van der Waals surface area contributed by atoms with Crippen molar-refractivity contribution in [1.29, 1.82) is 0 Å². The van der Waals surface area contributed by atoms with Gasteiger partial charge in [0.05, 0.1) is 0 Å². The molecule has 78 valence electrons. The normalized spacial score (nSPS) is 16.7. The van der Waals surface area contributed by atoms with Crippen molar-refractivity contribution < 1.29 is 9.90 Å². The zero-order chi connectivity index (χ0) is 10.7. The summed E-state index contributed by atoms with van der Waals surface area (Å²) in [7, 11) is 0. The maximum absolute atomic E-state index is 11.2. The molecule has 1 aliphatic heterocycles. The Bertz CT molecular complexity index is 384. The van der Waals surface area contributed by atoms with E-state index in [1.165, 1.54) is 0 Å². The molecule has 0 amide bonds. The number of aliphatic carboxylic acids is 1. The van der Waals surface area contributed by atoms with Crippen molar-refractivity contribution in [3.63, 3.8) is 0 Å². The van der Waals surface area contributed by atoms with Gasteiger partial charge in [0.2, 0.25) is 0 Å². The van der Waals surface area contributed by atoms with Gasteiger partial charge >= 0.3 is 5.97 Å². The number of carboxylic acid groups (broad SMARTS) is 1. The van der Waals surface area contributed by atoms with Crippen LogP contribution in [0.4, 0.5) is 0 Å². The third kappa shape index (κ3) is 2.01. The first-order chi connectivity index (χ1) is 7.29. The van der Waals surface area contributed by atoms with Crippen LogP contribution in [0, 0.1) is 0 Å². The van der Waals surface area contributed by atoms with Gasteiger partial charge in [-0.05, 0) is 12.0 Å². The average Bonchev–Trinajstić information content (AvgIpc) is 2.72. The van der Waals surface area contributed by atoms with Gasteiger partial charge in [0.25, 0.3) is 0 Å². The highest BCUT2D eigenvalue weighted by molar-refractivity contribution is 5.80. The zero-order valence-corrected chi connectivity index (χ0v) is 8.31. The molecule has 0 saturated heterocycles. The SMILES string of the molecule is O=C(O)C(C1=CCCN1)c1ccccc1. The van der Waals surface area contributed by atoms with Gasteiger partial charge in [0.15, 0.2) is 0 Å². The monoisotopic (exact) mass is 203 g/mol. The van der Waals surface area contributed by atoms with Crippen LogP contribution < -0.4 is 5.32 Å². The second-order valence-corrected chi connectivity index (χ2v) is 3.56.